The number of hydrogen-bond acceptors (Lipinski definition) is 11. The van der Waals surface area contributed by atoms with Gasteiger partial charge >= 0.3 is 12.4 Å². The van der Waals surface area contributed by atoms with E-state index >= 15 is 26.3 Å². The lowest BCUT2D eigenvalue weighted by Gasteiger charge is -2.38. The van der Waals surface area contributed by atoms with Gasteiger partial charge in [0.05, 0.1) is 22.5 Å². The molecule has 11 nitrogen and oxygen atoms in total. The molecule has 7 aromatic rings. The van der Waals surface area contributed by atoms with E-state index in [0.29, 0.717) is 64.1 Å². The average molecular weight is 983 g/mol. The van der Waals surface area contributed by atoms with Crippen LogP contribution in [-0.4, -0.2) is 36.4 Å². The van der Waals surface area contributed by atoms with E-state index in [1.807, 2.05) is 12.1 Å². The van der Waals surface area contributed by atoms with Gasteiger partial charge < -0.3 is 9.47 Å². The van der Waals surface area contributed by atoms with Crippen molar-refractivity contribution >= 4 is 27.9 Å². The van der Waals surface area contributed by atoms with Crippen LogP contribution in [0.2, 0.25) is 0 Å². The summed E-state index contributed by atoms with van der Waals surface area (Å²) < 4.78 is 139. The van der Waals surface area contributed by atoms with Crippen LogP contribution in [0.5, 0.6) is 23.0 Å². The van der Waals surface area contributed by atoms with E-state index in [9.17, 15) is 28.3 Å². The van der Waals surface area contributed by atoms with Crippen molar-refractivity contribution in [2.75, 3.05) is 0 Å². The Bertz CT molecular complexity index is 3260. The summed E-state index contributed by atoms with van der Waals surface area (Å²) in [6, 6.07) is 34.1. The predicted molar refractivity (Wildman–Crippen MR) is 239 cm³/mol. The third kappa shape index (κ3) is 9.92. The number of nitriles is 2. The lowest BCUT2D eigenvalue weighted by Crippen LogP contribution is -2.54. The van der Waals surface area contributed by atoms with E-state index in [1.54, 1.807) is 62.4 Å². The number of carbonyl (C=O) groups is 1. The highest BCUT2D eigenvalue weighted by atomic mass is 32.2. The number of alkyl halides is 6. The molecule has 7 rings (SSSR count). The summed E-state index contributed by atoms with van der Waals surface area (Å²) in [5.74, 6) is -0.752. The Kier molecular flexibility index (Phi) is 14.1. The summed E-state index contributed by atoms with van der Waals surface area (Å²) in [5.41, 5.74) is -3.60. The quantitative estimate of drug-likeness (QED) is 0.0264. The molecule has 0 aromatic heterocycles. The smallest absolute Gasteiger partial charge is 0.411 e. The minimum atomic E-state index is -5.90. The highest BCUT2D eigenvalue weighted by molar-refractivity contribution is 7.94. The summed E-state index contributed by atoms with van der Waals surface area (Å²) in [5, 5.41) is 32.2. The molecule has 19 heteroatoms. The third-order valence-electron chi connectivity index (χ3n) is 11.0. The maximum absolute atomic E-state index is 15.0. The molecule has 0 aliphatic carbocycles. The highest BCUT2D eigenvalue weighted by Gasteiger charge is 2.72. The van der Waals surface area contributed by atoms with Gasteiger partial charge in [-0.3, -0.25) is 9.35 Å². The van der Waals surface area contributed by atoms with Gasteiger partial charge in [0, 0.05) is 21.6 Å². The van der Waals surface area contributed by atoms with Crippen LogP contribution in [0.1, 0.15) is 49.3 Å². The lowest BCUT2D eigenvalue weighted by molar-refractivity contribution is -0.432. The summed E-state index contributed by atoms with van der Waals surface area (Å²) in [6.45, 7) is 3.33. The van der Waals surface area contributed by atoms with Gasteiger partial charge in [0.25, 0.3) is 10.1 Å². The number of ketones is 1. The Morgan fingerprint density at radius 2 is 1.16 bits per heavy atom. The van der Waals surface area contributed by atoms with E-state index in [0.717, 1.165) is 36.4 Å². The van der Waals surface area contributed by atoms with E-state index in [4.69, 9.17) is 14.7 Å². The fourth-order valence-electron chi connectivity index (χ4n) is 7.64. The van der Waals surface area contributed by atoms with Crippen molar-refractivity contribution in [2.45, 2.75) is 41.4 Å². The SMILES string of the molecule is Cc1ccc(-c2cccc(Oc3ccc(C(c4ccc(Oc5cccc(C)c5C#N)cc4)(C(F)(F)F)C(F)(F)F)cc3)c2C#N)cc1C(=O)c1ccc(-c2ccc(S(=O)(=O)O)cc2SOOO)cc1. The summed E-state index contributed by atoms with van der Waals surface area (Å²) in [6.07, 6.45) is -11.8. The monoisotopic (exact) mass is 982 g/mol. The van der Waals surface area contributed by atoms with E-state index < -0.39 is 49.7 Å². The van der Waals surface area contributed by atoms with Crippen LogP contribution in [0.25, 0.3) is 22.3 Å². The number of ether oxygens (including phenoxy) is 2. The standard InChI is InChI=1S/C50H32F6N2O9S2/c1-29-5-3-7-44(42(29)27-57)64-36-19-15-34(16-20-36)48(49(51,52)53,50(54,55)56)35-17-21-37(22-18-35)65-45-8-4-6-39(43(45)28-58)33-10-9-30(2)41(25-33)47(59)32-13-11-31(12-14-32)40-24-23-38(69(61,62)63)26-46(40)68-67-66-60/h3-26,60H,1-2H3,(H,61,62,63). The fourth-order valence-corrected chi connectivity index (χ4v) is 8.77. The molecule has 0 atom stereocenters. The zero-order chi connectivity index (χ0) is 49.9. The van der Waals surface area contributed by atoms with Gasteiger partial charge in [-0.15, -0.1) is 4.33 Å². The number of hydrogen-bond donors (Lipinski definition) is 2. The summed E-state index contributed by atoms with van der Waals surface area (Å²) >= 11 is 0.458. The molecule has 0 amide bonds. The van der Waals surface area contributed by atoms with E-state index in [2.05, 4.69) is 9.37 Å². The van der Waals surface area contributed by atoms with Gasteiger partial charge in [-0.1, -0.05) is 96.0 Å². The zero-order valence-electron chi connectivity index (χ0n) is 35.6. The van der Waals surface area contributed by atoms with Crippen molar-refractivity contribution in [2.24, 2.45) is 0 Å². The molecule has 7 aromatic carbocycles. The van der Waals surface area contributed by atoms with Gasteiger partial charge in [-0.05, 0) is 107 Å². The molecule has 350 valence electrons. The number of aryl methyl sites for hydroxylation is 2. The van der Waals surface area contributed by atoms with Crippen molar-refractivity contribution < 1.29 is 68.2 Å². The van der Waals surface area contributed by atoms with Crippen molar-refractivity contribution in [3.63, 3.8) is 0 Å². The van der Waals surface area contributed by atoms with Gasteiger partial charge in [0.15, 0.2) is 5.78 Å². The van der Waals surface area contributed by atoms with Crippen LogP contribution in [0.15, 0.2) is 155 Å². The number of nitrogens with zero attached hydrogens (tertiary/aromatic N) is 2. The molecule has 69 heavy (non-hydrogen) atoms. The van der Waals surface area contributed by atoms with Gasteiger partial charge in [-0.2, -0.15) is 45.3 Å². The zero-order valence-corrected chi connectivity index (χ0v) is 37.2. The van der Waals surface area contributed by atoms with Crippen molar-refractivity contribution in [1.82, 2.24) is 0 Å². The molecule has 0 fully saturated rings. The van der Waals surface area contributed by atoms with Crippen LogP contribution in [-0.2, 0) is 24.9 Å². The minimum absolute atomic E-state index is 0.0627. The average Bonchev–Trinajstić information content (AvgIpc) is 3.31. The molecule has 0 bridgehead atoms. The predicted octanol–water partition coefficient (Wildman–Crippen LogP) is 13.3. The lowest BCUT2D eigenvalue weighted by atomic mass is 9.73. The van der Waals surface area contributed by atoms with Crippen LogP contribution in [0.4, 0.5) is 26.3 Å². The maximum Gasteiger partial charge on any atom is 0.411 e. The van der Waals surface area contributed by atoms with Gasteiger partial charge in [0.2, 0.25) is 5.41 Å². The van der Waals surface area contributed by atoms with Crippen molar-refractivity contribution in [3.8, 4) is 57.4 Å². The first-order chi connectivity index (χ1) is 32.7. The molecule has 0 heterocycles. The molecule has 2 N–H and O–H groups in total. The van der Waals surface area contributed by atoms with Crippen LogP contribution in [0, 0.1) is 36.5 Å². The molecule has 0 aliphatic rings. The van der Waals surface area contributed by atoms with E-state index in [-0.39, 0.29) is 55.7 Å². The van der Waals surface area contributed by atoms with Crippen LogP contribution in [0.3, 0.4) is 0 Å². The molecular weight excluding hydrogens is 951 g/mol. The Hall–Kier alpha value is -7.49. The number of benzene rings is 7. The van der Waals surface area contributed by atoms with Crippen LogP contribution < -0.4 is 9.47 Å². The largest absolute Gasteiger partial charge is 0.456 e. The fraction of sp³-hybridized carbons (Fsp3) is 0.100. The van der Waals surface area contributed by atoms with Crippen molar-refractivity contribution in [3.05, 3.63) is 190 Å². The number of rotatable bonds is 14. The maximum atomic E-state index is 15.0. The van der Waals surface area contributed by atoms with E-state index in [1.165, 1.54) is 36.4 Å². The molecule has 0 radical (unpaired) electrons. The Morgan fingerprint density at radius 3 is 1.68 bits per heavy atom. The first-order valence-electron chi connectivity index (χ1n) is 20.0. The van der Waals surface area contributed by atoms with Gasteiger partial charge in [0.1, 0.15) is 40.7 Å². The summed E-state index contributed by atoms with van der Waals surface area (Å²) in [7, 11) is -4.59. The second-order valence-corrected chi connectivity index (χ2v) is 17.3. The summed E-state index contributed by atoms with van der Waals surface area (Å²) in [4.78, 5) is 13.6. The molecule has 0 saturated heterocycles. The molecule has 0 aliphatic heterocycles. The number of halogens is 6. The molecule has 0 unspecified atom stereocenters. The third-order valence-corrected chi connectivity index (χ3v) is 12.5. The highest BCUT2D eigenvalue weighted by Crippen LogP contribution is 2.56. The molecule has 0 spiro atoms. The normalized spacial score (nSPS) is 11.9. The Morgan fingerprint density at radius 1 is 0.623 bits per heavy atom. The van der Waals surface area contributed by atoms with Crippen molar-refractivity contribution in [1.29, 1.82) is 10.5 Å². The van der Waals surface area contributed by atoms with Gasteiger partial charge in [-0.25, -0.2) is 5.26 Å². The minimum Gasteiger partial charge on any atom is -0.456 e. The first kappa shape index (κ1) is 49.4. The topological polar surface area (TPSA) is 176 Å². The second kappa shape index (κ2) is 19.6. The second-order valence-electron chi connectivity index (χ2n) is 15.1. The number of carbonyl (C=O) groups excluding carboxylic acids is 1. The Labute approximate surface area is 394 Å². The Balaban J connectivity index is 1.16. The molecule has 0 saturated carbocycles. The molecular formula is C50H32F6N2O9S2. The first-order valence-corrected chi connectivity index (χ1v) is 22.2. The van der Waals surface area contributed by atoms with Crippen LogP contribution >= 0.6 is 12.0 Å².